The molecular formula is C9H6BFN2O. The van der Waals surface area contributed by atoms with E-state index in [1.807, 2.05) is 0 Å². The quantitative estimate of drug-likeness (QED) is 0.626. The zero-order valence-corrected chi connectivity index (χ0v) is 7.49. The van der Waals surface area contributed by atoms with Crippen molar-refractivity contribution in [2.75, 3.05) is 0 Å². The molecule has 3 nitrogen and oxygen atoms in total. The number of hydrogen-bond acceptors (Lipinski definition) is 3. The standard InChI is InChI=1S/C9H6BFN2O/c1-5-12-13-9(14-5)7-4-6(10)2-3-8(7)11/h2-4H,1H3. The minimum atomic E-state index is -0.428. The van der Waals surface area contributed by atoms with Crippen LogP contribution in [0.15, 0.2) is 22.6 Å². The summed E-state index contributed by atoms with van der Waals surface area (Å²) in [5, 5.41) is 7.32. The first-order chi connectivity index (χ1) is 6.66. The van der Waals surface area contributed by atoms with Gasteiger partial charge in [0.15, 0.2) is 0 Å². The van der Waals surface area contributed by atoms with Gasteiger partial charge in [-0.25, -0.2) is 4.39 Å². The summed E-state index contributed by atoms with van der Waals surface area (Å²) in [5.41, 5.74) is 0.683. The first-order valence-corrected chi connectivity index (χ1v) is 4.02. The number of aryl methyl sites for hydroxylation is 1. The molecule has 5 heteroatoms. The van der Waals surface area contributed by atoms with Crippen molar-refractivity contribution < 1.29 is 8.81 Å². The van der Waals surface area contributed by atoms with E-state index in [0.717, 1.165) is 0 Å². The summed E-state index contributed by atoms with van der Waals surface area (Å²) >= 11 is 0. The van der Waals surface area contributed by atoms with Gasteiger partial charge in [0.2, 0.25) is 5.89 Å². The largest absolute Gasteiger partial charge is 0.421 e. The maximum absolute atomic E-state index is 13.3. The number of aromatic nitrogens is 2. The van der Waals surface area contributed by atoms with Gasteiger partial charge in [0.25, 0.3) is 5.89 Å². The molecule has 2 radical (unpaired) electrons. The molecule has 1 aromatic heterocycles. The highest BCUT2D eigenvalue weighted by Gasteiger charge is 2.10. The second-order valence-corrected chi connectivity index (χ2v) is 2.87. The van der Waals surface area contributed by atoms with Crippen LogP contribution in [-0.4, -0.2) is 18.0 Å². The molecule has 1 aromatic carbocycles. The predicted molar refractivity (Wildman–Crippen MR) is 49.8 cm³/mol. The summed E-state index contributed by atoms with van der Waals surface area (Å²) in [4.78, 5) is 0. The molecule has 0 N–H and O–H groups in total. The zero-order valence-electron chi connectivity index (χ0n) is 7.49. The van der Waals surface area contributed by atoms with Crippen LogP contribution in [0.3, 0.4) is 0 Å². The summed E-state index contributed by atoms with van der Waals surface area (Å²) in [5.74, 6) is 0.108. The maximum Gasteiger partial charge on any atom is 0.250 e. The van der Waals surface area contributed by atoms with Crippen LogP contribution in [0.5, 0.6) is 0 Å². The lowest BCUT2D eigenvalue weighted by Crippen LogP contribution is -2.02. The molecule has 0 aliphatic rings. The van der Waals surface area contributed by atoms with E-state index >= 15 is 0 Å². The second kappa shape index (κ2) is 3.25. The summed E-state index contributed by atoms with van der Waals surface area (Å²) < 4.78 is 18.4. The SMILES string of the molecule is [B]c1ccc(F)c(-c2nnc(C)o2)c1. The average Bonchev–Trinajstić information content (AvgIpc) is 2.56. The predicted octanol–water partition coefficient (Wildman–Crippen LogP) is 0.978. The summed E-state index contributed by atoms with van der Waals surface area (Å²) in [7, 11) is 5.52. The van der Waals surface area contributed by atoms with Crippen LogP contribution in [0.25, 0.3) is 11.5 Å². The maximum atomic E-state index is 13.3. The molecule has 0 fully saturated rings. The molecule has 0 atom stereocenters. The van der Waals surface area contributed by atoms with Gasteiger partial charge in [0.05, 0.1) is 5.56 Å². The second-order valence-electron chi connectivity index (χ2n) is 2.87. The first kappa shape index (κ1) is 8.93. The van der Waals surface area contributed by atoms with Crippen LogP contribution >= 0.6 is 0 Å². The fourth-order valence-corrected chi connectivity index (χ4v) is 1.11. The lowest BCUT2D eigenvalue weighted by molar-refractivity contribution is 0.526. The smallest absolute Gasteiger partial charge is 0.250 e. The molecular weight excluding hydrogens is 182 g/mol. The lowest BCUT2D eigenvalue weighted by Gasteiger charge is -1.98. The Balaban J connectivity index is 2.55. The number of hydrogen-bond donors (Lipinski definition) is 0. The third-order valence-corrected chi connectivity index (χ3v) is 1.75. The van der Waals surface area contributed by atoms with Gasteiger partial charge >= 0.3 is 0 Å². The Labute approximate surface area is 81.4 Å². The molecule has 14 heavy (non-hydrogen) atoms. The van der Waals surface area contributed by atoms with Gasteiger partial charge in [0, 0.05) is 6.92 Å². The number of benzene rings is 1. The van der Waals surface area contributed by atoms with Gasteiger partial charge in [-0.15, -0.1) is 10.2 Å². The average molecular weight is 188 g/mol. The number of nitrogens with zero attached hydrogens (tertiary/aromatic N) is 2. The van der Waals surface area contributed by atoms with E-state index < -0.39 is 5.82 Å². The third-order valence-electron chi connectivity index (χ3n) is 1.75. The van der Waals surface area contributed by atoms with Gasteiger partial charge in [-0.3, -0.25) is 0 Å². The van der Waals surface area contributed by atoms with Crippen LogP contribution in [0, 0.1) is 12.7 Å². The topological polar surface area (TPSA) is 38.9 Å². The molecule has 0 bridgehead atoms. The van der Waals surface area contributed by atoms with Crippen molar-refractivity contribution in [1.29, 1.82) is 0 Å². The van der Waals surface area contributed by atoms with E-state index in [1.165, 1.54) is 18.2 Å². The van der Waals surface area contributed by atoms with Crippen molar-refractivity contribution in [2.45, 2.75) is 6.92 Å². The molecule has 0 aliphatic carbocycles. The highest BCUT2D eigenvalue weighted by Crippen LogP contribution is 2.19. The van der Waals surface area contributed by atoms with Crippen molar-refractivity contribution in [3.8, 4) is 11.5 Å². The van der Waals surface area contributed by atoms with E-state index in [-0.39, 0.29) is 11.5 Å². The monoisotopic (exact) mass is 188 g/mol. The van der Waals surface area contributed by atoms with Gasteiger partial charge < -0.3 is 4.42 Å². The van der Waals surface area contributed by atoms with Crippen LogP contribution in [-0.2, 0) is 0 Å². The Morgan fingerprint density at radius 2 is 2.14 bits per heavy atom. The van der Waals surface area contributed by atoms with Crippen molar-refractivity contribution >= 4 is 13.3 Å². The minimum Gasteiger partial charge on any atom is -0.421 e. The van der Waals surface area contributed by atoms with Crippen molar-refractivity contribution in [2.24, 2.45) is 0 Å². The van der Waals surface area contributed by atoms with Crippen LogP contribution in [0.4, 0.5) is 4.39 Å². The number of rotatable bonds is 1. The third kappa shape index (κ3) is 1.53. The van der Waals surface area contributed by atoms with E-state index in [9.17, 15) is 4.39 Å². The van der Waals surface area contributed by atoms with E-state index in [4.69, 9.17) is 12.3 Å². The molecule has 0 aliphatic heterocycles. The van der Waals surface area contributed by atoms with Crippen molar-refractivity contribution in [1.82, 2.24) is 10.2 Å². The van der Waals surface area contributed by atoms with E-state index in [0.29, 0.717) is 11.4 Å². The Kier molecular flexibility index (Phi) is 2.07. The Morgan fingerprint density at radius 3 is 2.79 bits per heavy atom. The summed E-state index contributed by atoms with van der Waals surface area (Å²) in [6.07, 6.45) is 0. The molecule has 2 rings (SSSR count). The fourth-order valence-electron chi connectivity index (χ4n) is 1.11. The molecule has 0 saturated heterocycles. The highest BCUT2D eigenvalue weighted by atomic mass is 19.1. The molecule has 0 amide bonds. The fraction of sp³-hybridized carbons (Fsp3) is 0.111. The van der Waals surface area contributed by atoms with Crippen LogP contribution in [0.2, 0.25) is 0 Å². The molecule has 0 unspecified atom stereocenters. The molecule has 0 saturated carbocycles. The normalized spacial score (nSPS) is 10.4. The summed E-state index contributed by atoms with van der Waals surface area (Å²) in [6.45, 7) is 1.64. The zero-order chi connectivity index (χ0) is 10.1. The molecule has 2 aromatic rings. The molecule has 1 heterocycles. The number of halogens is 1. The van der Waals surface area contributed by atoms with E-state index in [1.54, 1.807) is 6.92 Å². The molecule has 0 spiro atoms. The lowest BCUT2D eigenvalue weighted by atomic mass is 9.94. The van der Waals surface area contributed by atoms with Crippen LogP contribution in [0.1, 0.15) is 5.89 Å². The Hall–Kier alpha value is -1.65. The van der Waals surface area contributed by atoms with E-state index in [2.05, 4.69) is 10.2 Å². The highest BCUT2D eigenvalue weighted by molar-refractivity contribution is 6.32. The van der Waals surface area contributed by atoms with Gasteiger partial charge in [-0.05, 0) is 6.07 Å². The van der Waals surface area contributed by atoms with Gasteiger partial charge in [0.1, 0.15) is 13.7 Å². The summed E-state index contributed by atoms with van der Waals surface area (Å²) in [6, 6.07) is 4.20. The van der Waals surface area contributed by atoms with Crippen LogP contribution < -0.4 is 5.46 Å². The first-order valence-electron chi connectivity index (χ1n) is 4.02. The van der Waals surface area contributed by atoms with Crippen molar-refractivity contribution in [3.63, 3.8) is 0 Å². The molecule has 68 valence electrons. The van der Waals surface area contributed by atoms with Gasteiger partial charge in [-0.2, -0.15) is 0 Å². The minimum absolute atomic E-state index is 0.146. The Morgan fingerprint density at radius 1 is 1.36 bits per heavy atom. The van der Waals surface area contributed by atoms with Gasteiger partial charge in [-0.1, -0.05) is 17.6 Å². The van der Waals surface area contributed by atoms with Crippen molar-refractivity contribution in [3.05, 3.63) is 29.9 Å². The Bertz CT molecular complexity index is 470.